The first-order chi connectivity index (χ1) is 27.4. The molecular weight excluding hydrogens is 798 g/mol. The zero-order valence-corrected chi connectivity index (χ0v) is 35.1. The predicted octanol–water partition coefficient (Wildman–Crippen LogP) is 5.17. The maximum atomic E-state index is 14.8. The lowest BCUT2D eigenvalue weighted by Crippen LogP contribution is -2.59. The van der Waals surface area contributed by atoms with Crippen LogP contribution >= 0.6 is 0 Å². The molecule has 2 aromatic rings. The van der Waals surface area contributed by atoms with Crippen LogP contribution in [-0.4, -0.2) is 94.3 Å². The quantitative estimate of drug-likeness (QED) is 0.297. The van der Waals surface area contributed by atoms with E-state index in [1.807, 2.05) is 13.0 Å². The molecule has 6 rings (SSSR count). The smallest absolute Gasteiger partial charge is 0.438 e. The average molecular weight is 851 g/mol. The van der Waals surface area contributed by atoms with Gasteiger partial charge in [0.25, 0.3) is 5.91 Å². The summed E-state index contributed by atoms with van der Waals surface area (Å²) in [6.07, 6.45) is -1.37. The van der Waals surface area contributed by atoms with E-state index in [-0.39, 0.29) is 36.4 Å². The van der Waals surface area contributed by atoms with Crippen molar-refractivity contribution in [1.82, 2.24) is 30.2 Å². The molecule has 4 amide bonds. The highest BCUT2D eigenvalue weighted by Gasteiger charge is 2.63. The van der Waals surface area contributed by atoms with E-state index >= 15 is 0 Å². The first-order valence-electron chi connectivity index (χ1n) is 20.0. The Bertz CT molecular complexity index is 2120. The number of sulfonamides is 1. The van der Waals surface area contributed by atoms with Crippen molar-refractivity contribution in [2.75, 3.05) is 13.2 Å². The monoisotopic (exact) mass is 850 g/mol. The molecule has 0 bridgehead atoms. The minimum atomic E-state index is -5.01. The number of benzene rings is 1. The number of hydrogen-bond donors (Lipinski definition) is 3. The van der Waals surface area contributed by atoms with E-state index < -0.39 is 104 Å². The number of alkyl halides is 3. The number of ether oxygens (including phenoxy) is 3. The fraction of sp³-hybridized carbons (Fsp3) is 0.650. The Hall–Kier alpha value is -4.68. The first-order valence-corrected chi connectivity index (χ1v) is 21.5. The zero-order chi connectivity index (χ0) is 43.3. The lowest BCUT2D eigenvalue weighted by molar-refractivity contribution is -0.143. The van der Waals surface area contributed by atoms with Gasteiger partial charge in [0.15, 0.2) is 0 Å². The molecule has 1 aromatic carbocycles. The van der Waals surface area contributed by atoms with Crippen molar-refractivity contribution in [3.05, 3.63) is 36.0 Å². The second kappa shape index (κ2) is 16.1. The van der Waals surface area contributed by atoms with Gasteiger partial charge in [-0.25, -0.2) is 23.2 Å². The predicted molar refractivity (Wildman–Crippen MR) is 208 cm³/mol. The molecule has 7 atom stereocenters. The fourth-order valence-corrected chi connectivity index (χ4v) is 9.04. The number of fused-ring (bicyclic) bond motifs is 3. The van der Waals surface area contributed by atoms with Crippen molar-refractivity contribution in [3.63, 3.8) is 0 Å². The van der Waals surface area contributed by atoms with Gasteiger partial charge in [-0.2, -0.15) is 13.2 Å². The highest BCUT2D eigenvalue weighted by molar-refractivity contribution is 7.91. The summed E-state index contributed by atoms with van der Waals surface area (Å²) in [7, 11) is -4.11. The van der Waals surface area contributed by atoms with Crippen LogP contribution in [0.4, 0.5) is 18.0 Å². The number of nitrogens with one attached hydrogen (secondary N) is 3. The SMILES string of the molecule is CCOc1ccc2nc(C(F)(F)F)c(O[C@@H]3C[C@H]4C(=O)N[C@]5(C(=O)NS(=O)(=O)C6(C)CC6)C[C@H]5/C=C\CC[C@H](C)C[C@@H](C)[C@H](NC(=O)OC(C)(C)C)C(=O)N4C3)nc2c1. The number of carbonyl (C=O) groups excluding carboxylic acids is 4. The number of halogens is 3. The molecule has 3 fully saturated rings. The Labute approximate surface area is 341 Å². The second-order valence-electron chi connectivity index (χ2n) is 17.5. The topological polar surface area (TPSA) is 195 Å². The Balaban J connectivity index is 1.38. The van der Waals surface area contributed by atoms with Crippen molar-refractivity contribution in [1.29, 1.82) is 0 Å². The summed E-state index contributed by atoms with van der Waals surface area (Å²) in [6, 6.07) is 1.53. The normalized spacial score (nSPS) is 29.2. The van der Waals surface area contributed by atoms with Gasteiger partial charge in [-0.1, -0.05) is 26.0 Å². The average Bonchev–Trinajstić information content (AvgIpc) is 4.00. The van der Waals surface area contributed by atoms with Crippen LogP contribution in [0.5, 0.6) is 11.6 Å². The third-order valence-electron chi connectivity index (χ3n) is 11.4. The summed E-state index contributed by atoms with van der Waals surface area (Å²) in [5.41, 5.74) is -4.07. The number of aromatic nitrogens is 2. The van der Waals surface area contributed by atoms with Crippen LogP contribution in [0.25, 0.3) is 11.0 Å². The van der Waals surface area contributed by atoms with E-state index in [9.17, 15) is 40.8 Å². The third kappa shape index (κ3) is 9.70. The molecule has 4 aliphatic rings. The van der Waals surface area contributed by atoms with Gasteiger partial charge in [-0.3, -0.25) is 19.1 Å². The highest BCUT2D eigenvalue weighted by atomic mass is 32.2. The number of amides is 4. The Kier molecular flexibility index (Phi) is 11.9. The van der Waals surface area contributed by atoms with Crippen molar-refractivity contribution in [2.24, 2.45) is 17.8 Å². The summed E-state index contributed by atoms with van der Waals surface area (Å²) in [5.74, 6) is -4.13. The molecule has 2 saturated carbocycles. The van der Waals surface area contributed by atoms with Crippen LogP contribution < -0.4 is 24.8 Å². The Morgan fingerprint density at radius 2 is 1.78 bits per heavy atom. The molecule has 1 aromatic heterocycles. The van der Waals surface area contributed by atoms with Crippen molar-refractivity contribution >= 4 is 44.9 Å². The van der Waals surface area contributed by atoms with E-state index in [2.05, 4.69) is 25.3 Å². The number of allylic oxidation sites excluding steroid dienone is 1. The standard InChI is InChI=1S/C40H53F3N6O9S/c1-8-56-25-13-14-27-28(18-25)45-33(31(44-27)40(41,42)43)57-26-19-29-32(50)47-39(35(52)48-59(54,55)38(7)15-16-38)20-24(39)12-10-9-11-22(2)17-23(3)30(34(51)49(29)21-26)46-36(53)58-37(4,5)6/h10,12-14,18,22-24,26,29-30H,8-9,11,15-17,19-21H2,1-7H3,(H,46,53)(H,47,50)(H,48,52)/b12-10-/t22-,23+,24+,26+,29-,30-,39+/m0/s1. The molecule has 3 N–H and O–H groups in total. The number of alkyl carbamates (subject to hydrolysis) is 1. The van der Waals surface area contributed by atoms with Gasteiger partial charge >= 0.3 is 12.3 Å². The molecule has 0 radical (unpaired) electrons. The van der Waals surface area contributed by atoms with Crippen LogP contribution in [0.1, 0.15) is 99.1 Å². The highest BCUT2D eigenvalue weighted by Crippen LogP contribution is 2.48. The van der Waals surface area contributed by atoms with Crippen LogP contribution in [0.15, 0.2) is 30.4 Å². The summed E-state index contributed by atoms with van der Waals surface area (Å²) in [4.78, 5) is 65.5. The van der Waals surface area contributed by atoms with Gasteiger partial charge < -0.3 is 29.7 Å². The van der Waals surface area contributed by atoms with Gasteiger partial charge in [-0.05, 0) is 97.1 Å². The zero-order valence-electron chi connectivity index (χ0n) is 34.3. The second-order valence-corrected chi connectivity index (χ2v) is 19.7. The first kappa shape index (κ1) is 43.9. The number of nitrogens with zero attached hydrogens (tertiary/aromatic N) is 3. The summed E-state index contributed by atoms with van der Waals surface area (Å²) < 4.78 is 87.8. The molecular formula is C40H53F3N6O9S. The molecule has 324 valence electrons. The van der Waals surface area contributed by atoms with E-state index in [1.165, 1.54) is 25.1 Å². The molecule has 1 saturated heterocycles. The molecule has 0 unspecified atom stereocenters. The lowest BCUT2D eigenvalue weighted by Gasteiger charge is -2.33. The lowest BCUT2D eigenvalue weighted by atomic mass is 9.88. The molecule has 19 heteroatoms. The minimum Gasteiger partial charge on any atom is -0.494 e. The Morgan fingerprint density at radius 1 is 1.07 bits per heavy atom. The largest absolute Gasteiger partial charge is 0.494 e. The van der Waals surface area contributed by atoms with Gasteiger partial charge in [0.1, 0.15) is 35.1 Å². The van der Waals surface area contributed by atoms with Gasteiger partial charge in [0.2, 0.25) is 33.4 Å². The van der Waals surface area contributed by atoms with Crippen molar-refractivity contribution < 1.29 is 55.0 Å². The van der Waals surface area contributed by atoms with Gasteiger partial charge in [-0.15, -0.1) is 0 Å². The van der Waals surface area contributed by atoms with Gasteiger partial charge in [0.05, 0.1) is 28.9 Å². The van der Waals surface area contributed by atoms with Crippen LogP contribution in [0.2, 0.25) is 0 Å². The third-order valence-corrected chi connectivity index (χ3v) is 13.5. The van der Waals surface area contributed by atoms with Crippen LogP contribution in [0, 0.1) is 17.8 Å². The molecule has 15 nitrogen and oxygen atoms in total. The summed E-state index contributed by atoms with van der Waals surface area (Å²) in [6.45, 7) is 11.9. The molecule has 0 spiro atoms. The van der Waals surface area contributed by atoms with Gasteiger partial charge in [0, 0.05) is 18.4 Å². The fourth-order valence-electron chi connectivity index (χ4n) is 7.73. The maximum Gasteiger partial charge on any atom is 0.438 e. The van der Waals surface area contributed by atoms with E-state index in [0.717, 1.165) is 4.90 Å². The Morgan fingerprint density at radius 3 is 2.42 bits per heavy atom. The van der Waals surface area contributed by atoms with Crippen molar-refractivity contribution in [3.8, 4) is 11.6 Å². The molecule has 2 aliphatic heterocycles. The van der Waals surface area contributed by atoms with E-state index in [1.54, 1.807) is 40.7 Å². The van der Waals surface area contributed by atoms with E-state index in [0.29, 0.717) is 37.9 Å². The molecule has 59 heavy (non-hydrogen) atoms. The molecule has 3 heterocycles. The number of hydrogen-bond acceptors (Lipinski definition) is 11. The van der Waals surface area contributed by atoms with E-state index in [4.69, 9.17) is 14.2 Å². The maximum absolute atomic E-state index is 14.8. The van der Waals surface area contributed by atoms with Crippen molar-refractivity contribution in [2.45, 2.75) is 134 Å². The number of rotatable bonds is 8. The summed E-state index contributed by atoms with van der Waals surface area (Å²) in [5, 5.41) is 5.42. The molecule has 2 aliphatic carbocycles. The summed E-state index contributed by atoms with van der Waals surface area (Å²) >= 11 is 0. The minimum absolute atomic E-state index is 0.0351. The van der Waals surface area contributed by atoms with Crippen LogP contribution in [0.3, 0.4) is 0 Å². The van der Waals surface area contributed by atoms with Crippen LogP contribution in [-0.2, 0) is 35.3 Å². The number of carbonyl (C=O) groups is 4.